The number of carbonyl (C=O) groups is 1. The Morgan fingerprint density at radius 3 is 2.50 bits per heavy atom. The predicted molar refractivity (Wildman–Crippen MR) is 111 cm³/mol. The van der Waals surface area contributed by atoms with Crippen LogP contribution in [-0.2, 0) is 6.42 Å². The standard InChI is InChI=1S/C20H20N6O4/c1-3-4-17-18(13(2)22-23-19(27)14-9-11-21-12-10-14)20(28)25(24-17)15-5-7-16(8-6-15)26(29)30/h5-12,24H,3-4H2,1-2H3,(H,23,27)/b22-13+. The Morgan fingerprint density at radius 2 is 1.90 bits per heavy atom. The zero-order valence-electron chi connectivity index (χ0n) is 16.5. The van der Waals surface area contributed by atoms with Gasteiger partial charge in [-0.2, -0.15) is 5.10 Å². The summed E-state index contributed by atoms with van der Waals surface area (Å²) in [5.41, 5.74) is 4.25. The molecular weight excluding hydrogens is 388 g/mol. The van der Waals surface area contributed by atoms with E-state index in [0.717, 1.165) is 6.42 Å². The van der Waals surface area contributed by atoms with Crippen LogP contribution < -0.4 is 11.0 Å². The van der Waals surface area contributed by atoms with Gasteiger partial charge in [0.1, 0.15) is 0 Å². The van der Waals surface area contributed by atoms with Crippen LogP contribution in [0.5, 0.6) is 0 Å². The van der Waals surface area contributed by atoms with E-state index >= 15 is 0 Å². The third-order valence-electron chi connectivity index (χ3n) is 4.41. The fourth-order valence-corrected chi connectivity index (χ4v) is 2.95. The average Bonchev–Trinajstić information content (AvgIpc) is 3.08. The summed E-state index contributed by atoms with van der Waals surface area (Å²) < 4.78 is 1.31. The number of nitro groups is 1. The van der Waals surface area contributed by atoms with Crippen LogP contribution in [-0.4, -0.2) is 31.3 Å². The van der Waals surface area contributed by atoms with Crippen molar-refractivity contribution >= 4 is 17.3 Å². The Balaban J connectivity index is 1.94. The Bertz CT molecular complexity index is 1150. The lowest BCUT2D eigenvalue weighted by molar-refractivity contribution is -0.384. The smallest absolute Gasteiger partial charge is 0.280 e. The van der Waals surface area contributed by atoms with Gasteiger partial charge in [-0.05, 0) is 37.6 Å². The zero-order chi connectivity index (χ0) is 21.7. The summed E-state index contributed by atoms with van der Waals surface area (Å²) in [7, 11) is 0. The van der Waals surface area contributed by atoms with E-state index in [1.807, 2.05) is 6.92 Å². The number of nitro benzene ring substituents is 1. The van der Waals surface area contributed by atoms with Gasteiger partial charge in [0, 0.05) is 35.8 Å². The molecule has 3 aromatic rings. The maximum atomic E-state index is 13.0. The van der Waals surface area contributed by atoms with Crippen molar-refractivity contribution in [2.24, 2.45) is 5.10 Å². The number of non-ortho nitro benzene ring substituents is 1. The Kier molecular flexibility index (Phi) is 6.16. The van der Waals surface area contributed by atoms with Crippen LogP contribution in [0.4, 0.5) is 5.69 Å². The molecule has 0 saturated carbocycles. The van der Waals surface area contributed by atoms with Gasteiger partial charge < -0.3 is 0 Å². The normalized spacial score (nSPS) is 11.3. The van der Waals surface area contributed by atoms with E-state index in [1.54, 1.807) is 19.1 Å². The van der Waals surface area contributed by atoms with Gasteiger partial charge >= 0.3 is 0 Å². The van der Waals surface area contributed by atoms with Crippen molar-refractivity contribution in [2.75, 3.05) is 0 Å². The van der Waals surface area contributed by atoms with E-state index in [-0.39, 0.29) is 11.2 Å². The van der Waals surface area contributed by atoms with E-state index in [9.17, 15) is 19.7 Å². The van der Waals surface area contributed by atoms with Gasteiger partial charge in [-0.15, -0.1) is 0 Å². The minimum absolute atomic E-state index is 0.0658. The number of carbonyl (C=O) groups excluding carboxylic acids is 1. The van der Waals surface area contributed by atoms with Gasteiger partial charge in [-0.1, -0.05) is 13.3 Å². The molecule has 0 bridgehead atoms. The molecule has 10 nitrogen and oxygen atoms in total. The summed E-state index contributed by atoms with van der Waals surface area (Å²) in [6.07, 6.45) is 4.37. The molecule has 0 aliphatic heterocycles. The quantitative estimate of drug-likeness (QED) is 0.352. The SMILES string of the molecule is CCCc1[nH]n(-c2ccc([N+](=O)[O-])cc2)c(=O)c1/C(C)=N/NC(=O)c1ccncc1. The van der Waals surface area contributed by atoms with Crippen molar-refractivity contribution in [1.29, 1.82) is 0 Å². The molecule has 10 heteroatoms. The van der Waals surface area contributed by atoms with Gasteiger partial charge in [0.15, 0.2) is 0 Å². The molecule has 1 aromatic carbocycles. The second kappa shape index (κ2) is 8.95. The van der Waals surface area contributed by atoms with Crippen molar-refractivity contribution in [2.45, 2.75) is 26.7 Å². The van der Waals surface area contributed by atoms with E-state index < -0.39 is 10.8 Å². The summed E-state index contributed by atoms with van der Waals surface area (Å²) in [5, 5.41) is 18.0. The predicted octanol–water partition coefficient (Wildman–Crippen LogP) is 2.58. The van der Waals surface area contributed by atoms with Gasteiger partial charge in [0.25, 0.3) is 17.2 Å². The van der Waals surface area contributed by atoms with E-state index in [4.69, 9.17) is 0 Å². The maximum Gasteiger partial charge on any atom is 0.280 e. The van der Waals surface area contributed by atoms with Crippen LogP contribution >= 0.6 is 0 Å². The van der Waals surface area contributed by atoms with Crippen molar-refractivity contribution in [3.8, 4) is 5.69 Å². The largest absolute Gasteiger partial charge is 0.294 e. The summed E-state index contributed by atoms with van der Waals surface area (Å²) in [6.45, 7) is 3.61. The number of aromatic nitrogens is 3. The molecule has 2 N–H and O–H groups in total. The maximum absolute atomic E-state index is 13.0. The molecule has 2 aromatic heterocycles. The highest BCUT2D eigenvalue weighted by molar-refractivity contribution is 6.01. The van der Waals surface area contributed by atoms with E-state index in [0.29, 0.717) is 34.6 Å². The first kappa shape index (κ1) is 20.6. The van der Waals surface area contributed by atoms with E-state index in [2.05, 4.69) is 20.6 Å². The lowest BCUT2D eigenvalue weighted by Crippen LogP contribution is -2.23. The van der Waals surface area contributed by atoms with Gasteiger partial charge in [0.2, 0.25) is 0 Å². The minimum Gasteiger partial charge on any atom is -0.294 e. The fourth-order valence-electron chi connectivity index (χ4n) is 2.95. The van der Waals surface area contributed by atoms with Crippen molar-refractivity contribution in [1.82, 2.24) is 20.2 Å². The summed E-state index contributed by atoms with van der Waals surface area (Å²) >= 11 is 0. The molecule has 154 valence electrons. The monoisotopic (exact) mass is 408 g/mol. The second-order valence-electron chi connectivity index (χ2n) is 6.50. The Labute approximate surface area is 171 Å². The van der Waals surface area contributed by atoms with Crippen molar-refractivity contribution in [3.05, 3.63) is 86.1 Å². The number of hydrogen-bond acceptors (Lipinski definition) is 6. The number of nitrogens with one attached hydrogen (secondary N) is 2. The van der Waals surface area contributed by atoms with Crippen LogP contribution in [0, 0.1) is 10.1 Å². The van der Waals surface area contributed by atoms with Gasteiger partial charge in [-0.3, -0.25) is 29.8 Å². The number of benzene rings is 1. The minimum atomic E-state index is -0.502. The van der Waals surface area contributed by atoms with Crippen molar-refractivity contribution < 1.29 is 9.72 Å². The molecule has 1 amide bonds. The molecule has 0 aliphatic carbocycles. The number of amides is 1. The number of nitrogens with zero attached hydrogens (tertiary/aromatic N) is 4. The summed E-state index contributed by atoms with van der Waals surface area (Å²) in [5.74, 6) is -0.417. The summed E-state index contributed by atoms with van der Waals surface area (Å²) in [6, 6.07) is 8.76. The fraction of sp³-hybridized carbons (Fsp3) is 0.200. The number of H-pyrrole nitrogens is 1. The number of hydrazone groups is 1. The van der Waals surface area contributed by atoms with Crippen LogP contribution in [0.25, 0.3) is 5.69 Å². The third kappa shape index (κ3) is 4.32. The molecule has 0 atom stereocenters. The Hall–Kier alpha value is -4.08. The number of rotatable bonds is 7. The molecular formula is C20H20N6O4. The molecule has 3 rings (SSSR count). The number of hydrogen-bond donors (Lipinski definition) is 2. The molecule has 0 radical (unpaired) electrons. The summed E-state index contributed by atoms with van der Waals surface area (Å²) in [4.78, 5) is 39.4. The first-order valence-corrected chi connectivity index (χ1v) is 9.26. The average molecular weight is 408 g/mol. The van der Waals surface area contributed by atoms with Gasteiger partial charge in [-0.25, -0.2) is 10.1 Å². The zero-order valence-corrected chi connectivity index (χ0v) is 16.5. The van der Waals surface area contributed by atoms with Crippen molar-refractivity contribution in [3.63, 3.8) is 0 Å². The molecule has 0 fully saturated rings. The lowest BCUT2D eigenvalue weighted by Gasteiger charge is -2.02. The van der Waals surface area contributed by atoms with Crippen LogP contribution in [0.1, 0.15) is 41.9 Å². The molecule has 2 heterocycles. The van der Waals surface area contributed by atoms with Crippen LogP contribution in [0.2, 0.25) is 0 Å². The van der Waals surface area contributed by atoms with E-state index in [1.165, 1.54) is 41.3 Å². The first-order valence-electron chi connectivity index (χ1n) is 9.26. The number of aromatic amines is 1. The van der Waals surface area contributed by atoms with Crippen LogP contribution in [0.15, 0.2) is 58.7 Å². The second-order valence-corrected chi connectivity index (χ2v) is 6.50. The Morgan fingerprint density at radius 1 is 1.23 bits per heavy atom. The highest BCUT2D eigenvalue weighted by atomic mass is 16.6. The topological polar surface area (TPSA) is 135 Å². The molecule has 30 heavy (non-hydrogen) atoms. The molecule has 0 saturated heterocycles. The van der Waals surface area contributed by atoms with Crippen LogP contribution in [0.3, 0.4) is 0 Å². The number of aryl methyl sites for hydroxylation is 1. The van der Waals surface area contributed by atoms with Gasteiger partial charge in [0.05, 0.1) is 21.9 Å². The molecule has 0 aliphatic rings. The highest BCUT2D eigenvalue weighted by Gasteiger charge is 2.18. The first-order chi connectivity index (χ1) is 14.4. The molecule has 0 unspecified atom stereocenters. The number of pyridine rings is 1. The molecule has 0 spiro atoms. The lowest BCUT2D eigenvalue weighted by atomic mass is 10.1. The highest BCUT2D eigenvalue weighted by Crippen LogP contribution is 2.15. The third-order valence-corrected chi connectivity index (χ3v) is 4.41.